The molecule has 0 rings (SSSR count). The van der Waals surface area contributed by atoms with Crippen LogP contribution in [0.15, 0.2) is 0 Å². The molecule has 2 N–H and O–H groups in total. The van der Waals surface area contributed by atoms with E-state index in [4.69, 9.17) is 10.2 Å². The number of carboxylic acid groups (broad SMARTS) is 1. The molecule has 0 saturated heterocycles. The van der Waals surface area contributed by atoms with Gasteiger partial charge in [-0.1, -0.05) is 22.9 Å². The van der Waals surface area contributed by atoms with Gasteiger partial charge in [-0.3, -0.25) is 0 Å². The third-order valence-electron chi connectivity index (χ3n) is 1.20. The normalized spacial score (nSPS) is 16.8. The molecule has 0 aliphatic heterocycles. The monoisotopic (exact) mass is 196 g/mol. The number of carbonyl (C=O) groups is 1. The van der Waals surface area contributed by atoms with Crippen molar-refractivity contribution in [1.82, 2.24) is 0 Å². The van der Waals surface area contributed by atoms with E-state index < -0.39 is 11.6 Å². The minimum Gasteiger partial charge on any atom is -0.479 e. The van der Waals surface area contributed by atoms with Crippen LogP contribution in [0.25, 0.3) is 0 Å². The fourth-order valence-electron chi connectivity index (χ4n) is 0.303. The van der Waals surface area contributed by atoms with Gasteiger partial charge in [0.1, 0.15) is 0 Å². The maximum Gasteiger partial charge on any atom is 0.336 e. The van der Waals surface area contributed by atoms with E-state index in [1.165, 1.54) is 0 Å². The largest absolute Gasteiger partial charge is 0.479 e. The van der Waals surface area contributed by atoms with Gasteiger partial charge < -0.3 is 10.2 Å². The van der Waals surface area contributed by atoms with Gasteiger partial charge in [-0.25, -0.2) is 4.79 Å². The highest BCUT2D eigenvalue weighted by Crippen LogP contribution is 2.12. The van der Waals surface area contributed by atoms with Crippen molar-refractivity contribution in [3.63, 3.8) is 0 Å². The zero-order chi connectivity index (χ0) is 7.49. The maximum absolute atomic E-state index is 10.2. The van der Waals surface area contributed by atoms with Gasteiger partial charge in [-0.2, -0.15) is 0 Å². The van der Waals surface area contributed by atoms with Crippen molar-refractivity contribution in [3.8, 4) is 0 Å². The third kappa shape index (κ3) is 1.95. The first-order valence-corrected chi connectivity index (χ1v) is 3.70. The summed E-state index contributed by atoms with van der Waals surface area (Å²) in [6, 6.07) is 0. The van der Waals surface area contributed by atoms with Crippen molar-refractivity contribution in [2.75, 3.05) is 5.33 Å². The highest BCUT2D eigenvalue weighted by molar-refractivity contribution is 9.09. The molecular weight excluding hydrogens is 188 g/mol. The average Bonchev–Trinajstić information content (AvgIpc) is 1.86. The standard InChI is InChI=1S/C5H9BrO3/c1-2-5(9,3-6)4(7)8/h9H,2-3H2,1H3,(H,7,8)/t5-/m1/s1. The lowest BCUT2D eigenvalue weighted by molar-refractivity contribution is -0.156. The topological polar surface area (TPSA) is 57.5 Å². The number of aliphatic hydroxyl groups is 1. The Labute approximate surface area is 61.8 Å². The molecule has 0 aliphatic carbocycles. The Balaban J connectivity index is 4.09. The predicted molar refractivity (Wildman–Crippen MR) is 36.7 cm³/mol. The fourth-order valence-corrected chi connectivity index (χ4v) is 0.939. The van der Waals surface area contributed by atoms with Crippen LogP contribution in [0.5, 0.6) is 0 Å². The van der Waals surface area contributed by atoms with E-state index in [1.54, 1.807) is 6.92 Å². The van der Waals surface area contributed by atoms with Crippen LogP contribution in [0.4, 0.5) is 0 Å². The van der Waals surface area contributed by atoms with Crippen LogP contribution < -0.4 is 0 Å². The van der Waals surface area contributed by atoms with Gasteiger partial charge in [0, 0.05) is 5.33 Å². The van der Waals surface area contributed by atoms with Crippen molar-refractivity contribution >= 4 is 21.9 Å². The molecule has 0 fully saturated rings. The molecule has 0 aromatic heterocycles. The zero-order valence-electron chi connectivity index (χ0n) is 5.09. The van der Waals surface area contributed by atoms with Gasteiger partial charge in [-0.15, -0.1) is 0 Å². The first kappa shape index (κ1) is 8.91. The highest BCUT2D eigenvalue weighted by Gasteiger charge is 2.31. The van der Waals surface area contributed by atoms with Gasteiger partial charge in [-0.05, 0) is 6.42 Å². The summed E-state index contributed by atoms with van der Waals surface area (Å²) in [6.45, 7) is 1.62. The molecule has 0 unspecified atom stereocenters. The summed E-state index contributed by atoms with van der Waals surface area (Å²) in [5.41, 5.74) is -1.58. The van der Waals surface area contributed by atoms with E-state index >= 15 is 0 Å². The van der Waals surface area contributed by atoms with E-state index in [-0.39, 0.29) is 11.8 Å². The van der Waals surface area contributed by atoms with Crippen LogP contribution in [-0.4, -0.2) is 27.1 Å². The fraction of sp³-hybridized carbons (Fsp3) is 0.800. The molecule has 1 atom stereocenters. The zero-order valence-corrected chi connectivity index (χ0v) is 6.68. The lowest BCUT2D eigenvalue weighted by atomic mass is 10.1. The first-order chi connectivity index (χ1) is 4.06. The number of hydrogen-bond acceptors (Lipinski definition) is 2. The number of hydrogen-bond donors (Lipinski definition) is 2. The molecule has 0 saturated carbocycles. The molecule has 0 radical (unpaired) electrons. The molecule has 0 spiro atoms. The van der Waals surface area contributed by atoms with Crippen molar-refractivity contribution in [3.05, 3.63) is 0 Å². The second-order valence-electron chi connectivity index (χ2n) is 1.82. The summed E-state index contributed by atoms with van der Waals surface area (Å²) < 4.78 is 0. The summed E-state index contributed by atoms with van der Waals surface area (Å²) in [5.74, 6) is -1.18. The Kier molecular flexibility index (Phi) is 3.14. The van der Waals surface area contributed by atoms with Crippen molar-refractivity contribution in [1.29, 1.82) is 0 Å². The van der Waals surface area contributed by atoms with Gasteiger partial charge in [0.05, 0.1) is 0 Å². The molecule has 4 heteroatoms. The van der Waals surface area contributed by atoms with Crippen LogP contribution in [0.2, 0.25) is 0 Å². The van der Waals surface area contributed by atoms with E-state index in [0.29, 0.717) is 0 Å². The van der Waals surface area contributed by atoms with Gasteiger partial charge in [0.2, 0.25) is 0 Å². The molecule has 0 aromatic carbocycles. The molecule has 0 bridgehead atoms. The number of aliphatic carboxylic acids is 1. The minimum atomic E-state index is -1.58. The minimum absolute atomic E-state index is 0.0752. The summed E-state index contributed by atoms with van der Waals surface area (Å²) in [5, 5.41) is 17.5. The quantitative estimate of drug-likeness (QED) is 0.651. The Morgan fingerprint density at radius 3 is 2.22 bits per heavy atom. The SMILES string of the molecule is CC[C@@](O)(CBr)C(=O)O. The van der Waals surface area contributed by atoms with Crippen LogP contribution in [-0.2, 0) is 4.79 Å². The van der Waals surface area contributed by atoms with Crippen molar-refractivity contribution in [2.45, 2.75) is 18.9 Å². The molecule has 0 aromatic rings. The Morgan fingerprint density at radius 1 is 1.78 bits per heavy atom. The molecule has 9 heavy (non-hydrogen) atoms. The molecule has 0 aliphatic rings. The Hall–Kier alpha value is -0.0900. The van der Waals surface area contributed by atoms with E-state index in [1.807, 2.05) is 0 Å². The predicted octanol–water partition coefficient (Wildman–Crippen LogP) is 0.607. The molecule has 0 amide bonds. The summed E-state index contributed by atoms with van der Waals surface area (Å²) in [4.78, 5) is 10.2. The Morgan fingerprint density at radius 2 is 2.22 bits per heavy atom. The molecule has 0 heterocycles. The molecule has 54 valence electrons. The number of carboxylic acids is 1. The van der Waals surface area contributed by atoms with Gasteiger partial charge >= 0.3 is 5.97 Å². The maximum atomic E-state index is 10.2. The van der Waals surface area contributed by atoms with Crippen molar-refractivity contribution in [2.24, 2.45) is 0 Å². The number of rotatable bonds is 3. The number of alkyl halides is 1. The second-order valence-corrected chi connectivity index (χ2v) is 2.38. The first-order valence-electron chi connectivity index (χ1n) is 2.58. The number of halogens is 1. The van der Waals surface area contributed by atoms with E-state index in [9.17, 15) is 4.79 Å². The smallest absolute Gasteiger partial charge is 0.336 e. The average molecular weight is 197 g/mol. The second kappa shape index (κ2) is 3.17. The van der Waals surface area contributed by atoms with Gasteiger partial charge in [0.15, 0.2) is 5.60 Å². The lowest BCUT2D eigenvalue weighted by Crippen LogP contribution is -2.39. The van der Waals surface area contributed by atoms with Crippen LogP contribution in [0, 0.1) is 0 Å². The Bertz CT molecular complexity index is 109. The highest BCUT2D eigenvalue weighted by atomic mass is 79.9. The van der Waals surface area contributed by atoms with Crippen LogP contribution >= 0.6 is 15.9 Å². The van der Waals surface area contributed by atoms with Crippen LogP contribution in [0.3, 0.4) is 0 Å². The third-order valence-corrected chi connectivity index (χ3v) is 2.13. The molecular formula is C5H9BrO3. The summed E-state index contributed by atoms with van der Waals surface area (Å²) in [7, 11) is 0. The van der Waals surface area contributed by atoms with E-state index in [2.05, 4.69) is 15.9 Å². The lowest BCUT2D eigenvalue weighted by Gasteiger charge is -2.17. The van der Waals surface area contributed by atoms with E-state index in [0.717, 1.165) is 0 Å². The van der Waals surface area contributed by atoms with Crippen molar-refractivity contribution < 1.29 is 15.0 Å². The summed E-state index contributed by atoms with van der Waals surface area (Å²) >= 11 is 2.90. The summed E-state index contributed by atoms with van der Waals surface area (Å²) in [6.07, 6.45) is 0.216. The molecule has 3 nitrogen and oxygen atoms in total. The van der Waals surface area contributed by atoms with Gasteiger partial charge in [0.25, 0.3) is 0 Å². The van der Waals surface area contributed by atoms with Crippen LogP contribution in [0.1, 0.15) is 13.3 Å².